The van der Waals surface area contributed by atoms with Gasteiger partial charge in [-0.25, -0.2) is 0 Å². The van der Waals surface area contributed by atoms with Crippen molar-refractivity contribution in [2.75, 3.05) is 18.9 Å². The summed E-state index contributed by atoms with van der Waals surface area (Å²) in [6.07, 6.45) is 4.04. The van der Waals surface area contributed by atoms with Gasteiger partial charge in [-0.15, -0.1) is 11.8 Å². The van der Waals surface area contributed by atoms with Crippen LogP contribution in [0.2, 0.25) is 0 Å². The number of hydrogen-bond acceptors (Lipinski definition) is 3. The number of aliphatic hydroxyl groups is 1. The smallest absolute Gasteiger partial charge is 0.233 e. The number of hydrogen-bond donors (Lipinski definition) is 2. The van der Waals surface area contributed by atoms with Gasteiger partial charge in [-0.1, -0.05) is 13.8 Å². The van der Waals surface area contributed by atoms with E-state index in [1.165, 1.54) is 0 Å². The molecular weight excluding hydrogens is 234 g/mol. The summed E-state index contributed by atoms with van der Waals surface area (Å²) >= 11 is 1.77. The molecule has 3 nitrogen and oxygen atoms in total. The molecule has 1 rings (SSSR count). The van der Waals surface area contributed by atoms with Crippen LogP contribution in [0.5, 0.6) is 0 Å². The molecule has 2 unspecified atom stereocenters. The molecular formula is C13H25NO2S. The van der Waals surface area contributed by atoms with Gasteiger partial charge < -0.3 is 10.4 Å². The highest BCUT2D eigenvalue weighted by Crippen LogP contribution is 2.26. The third kappa shape index (κ3) is 5.77. The molecule has 4 heteroatoms. The lowest BCUT2D eigenvalue weighted by molar-refractivity contribution is -0.120. The Hall–Kier alpha value is -0.220. The molecule has 2 atom stereocenters. The number of aliphatic hydroxyl groups excluding tert-OH is 1. The van der Waals surface area contributed by atoms with E-state index in [-0.39, 0.29) is 17.8 Å². The maximum absolute atomic E-state index is 11.8. The number of nitrogens with one attached hydrogen (secondary N) is 1. The van der Waals surface area contributed by atoms with Crippen molar-refractivity contribution in [3.8, 4) is 0 Å². The van der Waals surface area contributed by atoms with Crippen molar-refractivity contribution in [3.05, 3.63) is 0 Å². The van der Waals surface area contributed by atoms with Crippen LogP contribution in [-0.4, -0.2) is 35.2 Å². The number of rotatable bonds is 7. The molecule has 100 valence electrons. The Morgan fingerprint density at radius 3 is 2.82 bits per heavy atom. The fraction of sp³-hybridized carbons (Fsp3) is 0.923. The first-order chi connectivity index (χ1) is 8.13. The zero-order chi connectivity index (χ0) is 12.7. The van der Waals surface area contributed by atoms with Crippen LogP contribution in [0.3, 0.4) is 0 Å². The van der Waals surface area contributed by atoms with Crippen molar-refractivity contribution in [2.45, 2.75) is 44.8 Å². The maximum Gasteiger partial charge on any atom is 0.233 e. The van der Waals surface area contributed by atoms with Crippen molar-refractivity contribution in [3.63, 3.8) is 0 Å². The van der Waals surface area contributed by atoms with Gasteiger partial charge in [0.05, 0.1) is 5.25 Å². The lowest BCUT2D eigenvalue weighted by Crippen LogP contribution is -2.35. The SMILES string of the molecule is CC(C)CC(CCO)CNC(=O)C1CCCS1. The fourth-order valence-corrected chi connectivity index (χ4v) is 3.48. The normalized spacial score (nSPS) is 21.8. The van der Waals surface area contributed by atoms with Crippen molar-refractivity contribution < 1.29 is 9.90 Å². The van der Waals surface area contributed by atoms with Gasteiger partial charge in [0.1, 0.15) is 0 Å². The second-order valence-corrected chi connectivity index (χ2v) is 6.57. The molecule has 0 saturated carbocycles. The van der Waals surface area contributed by atoms with Gasteiger partial charge in [0.15, 0.2) is 0 Å². The van der Waals surface area contributed by atoms with Crippen molar-refractivity contribution in [1.82, 2.24) is 5.32 Å². The molecule has 1 heterocycles. The zero-order valence-electron chi connectivity index (χ0n) is 10.9. The average Bonchev–Trinajstić information content (AvgIpc) is 2.78. The van der Waals surface area contributed by atoms with Crippen molar-refractivity contribution in [2.24, 2.45) is 11.8 Å². The van der Waals surface area contributed by atoms with E-state index >= 15 is 0 Å². The first-order valence-corrected chi connectivity index (χ1v) is 7.68. The molecule has 0 aromatic rings. The van der Waals surface area contributed by atoms with Crippen molar-refractivity contribution in [1.29, 1.82) is 0 Å². The Labute approximate surface area is 109 Å². The highest BCUT2D eigenvalue weighted by atomic mass is 32.2. The molecule has 0 aromatic carbocycles. The summed E-state index contributed by atoms with van der Waals surface area (Å²) in [6, 6.07) is 0. The van der Waals surface area contributed by atoms with E-state index in [2.05, 4.69) is 19.2 Å². The summed E-state index contributed by atoms with van der Waals surface area (Å²) < 4.78 is 0. The van der Waals surface area contributed by atoms with E-state index in [0.717, 1.165) is 31.4 Å². The molecule has 0 aromatic heterocycles. The second kappa shape index (κ2) is 7.98. The minimum absolute atomic E-state index is 0.170. The standard InChI is InChI=1S/C13H25NO2S/c1-10(2)8-11(5-6-15)9-14-13(16)12-4-3-7-17-12/h10-12,15H,3-9H2,1-2H3,(H,14,16). The van der Waals surface area contributed by atoms with E-state index in [1.54, 1.807) is 11.8 Å². The van der Waals surface area contributed by atoms with Crippen LogP contribution in [0.15, 0.2) is 0 Å². The van der Waals surface area contributed by atoms with Gasteiger partial charge in [0.25, 0.3) is 0 Å². The van der Waals surface area contributed by atoms with Crippen LogP contribution < -0.4 is 5.32 Å². The Balaban J connectivity index is 2.26. The number of amides is 1. The third-order valence-corrected chi connectivity index (χ3v) is 4.51. The Bertz CT molecular complexity index is 227. The van der Waals surface area contributed by atoms with Gasteiger partial charge in [-0.3, -0.25) is 4.79 Å². The lowest BCUT2D eigenvalue weighted by atomic mass is 9.94. The zero-order valence-corrected chi connectivity index (χ0v) is 11.8. The highest BCUT2D eigenvalue weighted by Gasteiger charge is 2.23. The van der Waals surface area contributed by atoms with Crippen LogP contribution in [-0.2, 0) is 4.79 Å². The minimum Gasteiger partial charge on any atom is -0.396 e. The average molecular weight is 259 g/mol. The van der Waals surface area contributed by atoms with Crippen LogP contribution in [0, 0.1) is 11.8 Å². The number of thioether (sulfide) groups is 1. The first kappa shape index (κ1) is 14.8. The maximum atomic E-state index is 11.8. The molecule has 17 heavy (non-hydrogen) atoms. The van der Waals surface area contributed by atoms with E-state index in [9.17, 15) is 4.79 Å². The van der Waals surface area contributed by atoms with Gasteiger partial charge >= 0.3 is 0 Å². The van der Waals surface area contributed by atoms with Crippen LogP contribution in [0.25, 0.3) is 0 Å². The Kier molecular flexibility index (Phi) is 6.97. The van der Waals surface area contributed by atoms with E-state index < -0.39 is 0 Å². The first-order valence-electron chi connectivity index (χ1n) is 6.63. The monoisotopic (exact) mass is 259 g/mol. The van der Waals surface area contributed by atoms with Gasteiger partial charge in [0.2, 0.25) is 5.91 Å². The van der Waals surface area contributed by atoms with Crippen LogP contribution >= 0.6 is 11.8 Å². The number of carbonyl (C=O) groups excluding carboxylic acids is 1. The molecule has 0 aliphatic carbocycles. The molecule has 1 saturated heterocycles. The third-order valence-electron chi connectivity index (χ3n) is 3.13. The molecule has 0 bridgehead atoms. The Morgan fingerprint density at radius 1 is 1.53 bits per heavy atom. The van der Waals surface area contributed by atoms with E-state index in [1.807, 2.05) is 0 Å². The van der Waals surface area contributed by atoms with E-state index in [0.29, 0.717) is 18.4 Å². The molecule has 1 amide bonds. The molecule has 1 aliphatic rings. The second-order valence-electron chi connectivity index (χ2n) is 5.25. The molecule has 0 spiro atoms. The van der Waals surface area contributed by atoms with Gasteiger partial charge in [-0.2, -0.15) is 0 Å². The summed E-state index contributed by atoms with van der Waals surface area (Å²) in [5, 5.41) is 12.2. The van der Waals surface area contributed by atoms with Crippen molar-refractivity contribution >= 4 is 17.7 Å². The Morgan fingerprint density at radius 2 is 2.29 bits per heavy atom. The predicted molar refractivity (Wildman–Crippen MR) is 73.1 cm³/mol. The summed E-state index contributed by atoms with van der Waals surface area (Å²) in [4.78, 5) is 11.8. The largest absolute Gasteiger partial charge is 0.396 e. The summed E-state index contributed by atoms with van der Waals surface area (Å²) in [5.74, 6) is 2.34. The predicted octanol–water partition coefficient (Wildman–Crippen LogP) is 2.04. The summed E-state index contributed by atoms with van der Waals surface area (Å²) in [5.41, 5.74) is 0. The van der Waals surface area contributed by atoms with Crippen LogP contribution in [0.1, 0.15) is 39.5 Å². The molecule has 0 radical (unpaired) electrons. The van der Waals surface area contributed by atoms with E-state index in [4.69, 9.17) is 5.11 Å². The topological polar surface area (TPSA) is 49.3 Å². The lowest BCUT2D eigenvalue weighted by Gasteiger charge is -2.19. The number of carbonyl (C=O) groups is 1. The summed E-state index contributed by atoms with van der Waals surface area (Å²) in [7, 11) is 0. The van der Waals surface area contributed by atoms with Gasteiger partial charge in [0, 0.05) is 13.2 Å². The quantitative estimate of drug-likeness (QED) is 0.735. The fourth-order valence-electron chi connectivity index (χ4n) is 2.30. The molecule has 2 N–H and O–H groups in total. The summed E-state index contributed by atoms with van der Waals surface area (Å²) in [6.45, 7) is 5.29. The minimum atomic E-state index is 0.170. The molecule has 1 aliphatic heterocycles. The molecule has 1 fully saturated rings. The van der Waals surface area contributed by atoms with Gasteiger partial charge in [-0.05, 0) is 43.3 Å². The van der Waals surface area contributed by atoms with Crippen LogP contribution in [0.4, 0.5) is 0 Å². The highest BCUT2D eigenvalue weighted by molar-refractivity contribution is 8.00.